The first-order chi connectivity index (χ1) is 11.2. The minimum absolute atomic E-state index is 0.103. The second-order valence-corrected chi connectivity index (χ2v) is 6.86. The lowest BCUT2D eigenvalue weighted by Gasteiger charge is -2.34. The smallest absolute Gasteiger partial charge is 0.254 e. The molecule has 4 nitrogen and oxygen atoms in total. The number of rotatable bonds is 4. The molecule has 0 spiro atoms. The highest BCUT2D eigenvalue weighted by molar-refractivity contribution is 7.09. The van der Waals surface area contributed by atoms with Crippen molar-refractivity contribution in [2.45, 2.75) is 38.8 Å². The monoisotopic (exact) mass is 330 g/mol. The molecule has 0 saturated carbocycles. The Morgan fingerprint density at radius 2 is 2.13 bits per heavy atom. The maximum absolute atomic E-state index is 12.9. The normalized spacial score (nSPS) is 18.2. The highest BCUT2D eigenvalue weighted by atomic mass is 32.1. The summed E-state index contributed by atoms with van der Waals surface area (Å²) in [7, 11) is 1.67. The van der Waals surface area contributed by atoms with Gasteiger partial charge in [0, 0.05) is 30.3 Å². The summed E-state index contributed by atoms with van der Waals surface area (Å²) in [5, 5.41) is 3.12. The largest absolute Gasteiger partial charge is 0.380 e. The van der Waals surface area contributed by atoms with Gasteiger partial charge in [0.25, 0.3) is 5.91 Å². The number of hydrogen-bond donors (Lipinski definition) is 0. The van der Waals surface area contributed by atoms with Crippen molar-refractivity contribution in [3.8, 4) is 0 Å². The van der Waals surface area contributed by atoms with Gasteiger partial charge in [0.05, 0.1) is 12.6 Å². The Kier molecular flexibility index (Phi) is 5.08. The maximum Gasteiger partial charge on any atom is 0.254 e. The second kappa shape index (κ2) is 7.23. The first kappa shape index (κ1) is 16.1. The van der Waals surface area contributed by atoms with Crippen LogP contribution in [0.3, 0.4) is 0 Å². The van der Waals surface area contributed by atoms with Crippen LogP contribution in [0.4, 0.5) is 0 Å². The van der Waals surface area contributed by atoms with Crippen LogP contribution in [0.2, 0.25) is 0 Å². The summed E-state index contributed by atoms with van der Waals surface area (Å²) in [6.45, 7) is 3.38. The molecule has 2 heterocycles. The molecule has 1 aliphatic heterocycles. The van der Waals surface area contributed by atoms with Gasteiger partial charge in [-0.2, -0.15) is 0 Å². The Labute approximate surface area is 141 Å². The summed E-state index contributed by atoms with van der Waals surface area (Å²) in [5.41, 5.74) is 2.85. The number of amides is 1. The van der Waals surface area contributed by atoms with Crippen molar-refractivity contribution >= 4 is 17.2 Å². The fourth-order valence-corrected chi connectivity index (χ4v) is 3.98. The molecule has 1 aliphatic rings. The van der Waals surface area contributed by atoms with E-state index in [4.69, 9.17) is 4.74 Å². The summed E-state index contributed by atoms with van der Waals surface area (Å²) in [6.07, 6.45) is 3.22. The van der Waals surface area contributed by atoms with Gasteiger partial charge in [-0.3, -0.25) is 4.79 Å². The molecular formula is C18H22N2O2S. The lowest BCUT2D eigenvalue weighted by atomic mass is 10.0. The van der Waals surface area contributed by atoms with E-state index < -0.39 is 0 Å². The molecule has 0 bridgehead atoms. The minimum Gasteiger partial charge on any atom is -0.380 e. The van der Waals surface area contributed by atoms with Crippen molar-refractivity contribution in [1.29, 1.82) is 0 Å². The van der Waals surface area contributed by atoms with Crippen LogP contribution in [0.1, 0.15) is 51.9 Å². The number of likely N-dealkylation sites (tertiary alicyclic amines) is 1. The van der Waals surface area contributed by atoms with Gasteiger partial charge in [0.2, 0.25) is 0 Å². The lowest BCUT2D eigenvalue weighted by Crippen LogP contribution is -2.38. The Morgan fingerprint density at radius 3 is 2.78 bits per heavy atom. The molecule has 122 valence electrons. The Hall–Kier alpha value is -1.72. The Bertz CT molecular complexity index is 666. The van der Waals surface area contributed by atoms with Crippen LogP contribution in [0.25, 0.3) is 0 Å². The van der Waals surface area contributed by atoms with Crippen molar-refractivity contribution in [3.63, 3.8) is 0 Å². The average molecular weight is 330 g/mol. The van der Waals surface area contributed by atoms with E-state index in [1.54, 1.807) is 18.4 Å². The van der Waals surface area contributed by atoms with Gasteiger partial charge in [-0.25, -0.2) is 4.98 Å². The van der Waals surface area contributed by atoms with Gasteiger partial charge < -0.3 is 9.64 Å². The molecule has 1 aromatic heterocycles. The predicted octanol–water partition coefficient (Wildman–Crippen LogP) is 3.97. The van der Waals surface area contributed by atoms with Gasteiger partial charge in [-0.1, -0.05) is 12.1 Å². The number of thiazole rings is 1. The van der Waals surface area contributed by atoms with Crippen molar-refractivity contribution in [2.75, 3.05) is 13.7 Å². The highest BCUT2D eigenvalue weighted by Crippen LogP contribution is 2.33. The molecule has 1 fully saturated rings. The van der Waals surface area contributed by atoms with Gasteiger partial charge >= 0.3 is 0 Å². The average Bonchev–Trinajstić information content (AvgIpc) is 3.02. The summed E-state index contributed by atoms with van der Waals surface area (Å²) in [6, 6.07) is 7.84. The number of nitrogens with zero attached hydrogens (tertiary/aromatic N) is 2. The van der Waals surface area contributed by atoms with Crippen LogP contribution in [0.5, 0.6) is 0 Å². The first-order valence-electron chi connectivity index (χ1n) is 8.00. The summed E-state index contributed by atoms with van der Waals surface area (Å²) in [5.74, 6) is 0.103. The molecule has 1 unspecified atom stereocenters. The Balaban J connectivity index is 1.80. The second-order valence-electron chi connectivity index (χ2n) is 5.97. The van der Waals surface area contributed by atoms with Crippen LogP contribution in [-0.4, -0.2) is 29.4 Å². The fraction of sp³-hybridized carbons (Fsp3) is 0.444. The van der Waals surface area contributed by atoms with Gasteiger partial charge in [0.15, 0.2) is 0 Å². The third kappa shape index (κ3) is 3.62. The van der Waals surface area contributed by atoms with Crippen molar-refractivity contribution in [1.82, 2.24) is 9.88 Å². The van der Waals surface area contributed by atoms with Crippen LogP contribution in [0, 0.1) is 6.92 Å². The standard InChI is InChI=1S/C18H22N2O2S/c1-13-12-23-17(19-13)16-5-3-4-10-20(16)18(21)15-8-6-14(7-9-15)11-22-2/h6-9,12,16H,3-5,10-11H2,1-2H3. The van der Waals surface area contributed by atoms with Crippen LogP contribution >= 0.6 is 11.3 Å². The third-order valence-electron chi connectivity index (χ3n) is 4.20. The van der Waals surface area contributed by atoms with Crippen LogP contribution in [-0.2, 0) is 11.3 Å². The minimum atomic E-state index is 0.103. The van der Waals surface area contributed by atoms with Crippen molar-refractivity contribution in [3.05, 3.63) is 51.5 Å². The van der Waals surface area contributed by atoms with E-state index in [1.165, 1.54) is 0 Å². The zero-order chi connectivity index (χ0) is 16.2. The molecule has 1 aromatic carbocycles. The number of hydrogen-bond acceptors (Lipinski definition) is 4. The molecule has 3 rings (SSSR count). The van der Waals surface area contributed by atoms with Gasteiger partial charge in [0.1, 0.15) is 5.01 Å². The van der Waals surface area contributed by atoms with E-state index in [0.29, 0.717) is 6.61 Å². The zero-order valence-electron chi connectivity index (χ0n) is 13.6. The molecule has 0 N–H and O–H groups in total. The number of carbonyl (C=O) groups is 1. The van der Waals surface area contributed by atoms with E-state index in [9.17, 15) is 4.79 Å². The Morgan fingerprint density at radius 1 is 1.35 bits per heavy atom. The molecule has 2 aromatic rings. The van der Waals surface area contributed by atoms with E-state index in [0.717, 1.165) is 47.6 Å². The molecule has 1 saturated heterocycles. The van der Waals surface area contributed by atoms with E-state index in [2.05, 4.69) is 10.4 Å². The number of benzene rings is 1. The number of methoxy groups -OCH3 is 1. The number of ether oxygens (including phenoxy) is 1. The molecule has 23 heavy (non-hydrogen) atoms. The van der Waals surface area contributed by atoms with E-state index >= 15 is 0 Å². The molecule has 0 radical (unpaired) electrons. The van der Waals surface area contributed by atoms with Gasteiger partial charge in [-0.05, 0) is 43.9 Å². The number of aryl methyl sites for hydroxylation is 1. The predicted molar refractivity (Wildman–Crippen MR) is 91.6 cm³/mol. The molecule has 5 heteroatoms. The maximum atomic E-state index is 12.9. The SMILES string of the molecule is COCc1ccc(C(=O)N2CCCCC2c2nc(C)cs2)cc1. The first-order valence-corrected chi connectivity index (χ1v) is 8.88. The molecule has 1 atom stereocenters. The topological polar surface area (TPSA) is 42.4 Å². The summed E-state index contributed by atoms with van der Waals surface area (Å²) >= 11 is 1.66. The van der Waals surface area contributed by atoms with Crippen molar-refractivity contribution < 1.29 is 9.53 Å². The van der Waals surface area contributed by atoms with Gasteiger partial charge in [-0.15, -0.1) is 11.3 Å². The van der Waals surface area contributed by atoms with Crippen LogP contribution < -0.4 is 0 Å². The van der Waals surface area contributed by atoms with E-state index in [-0.39, 0.29) is 11.9 Å². The third-order valence-corrected chi connectivity index (χ3v) is 5.26. The highest BCUT2D eigenvalue weighted by Gasteiger charge is 2.30. The number of carbonyl (C=O) groups excluding carboxylic acids is 1. The van der Waals surface area contributed by atoms with Crippen molar-refractivity contribution in [2.24, 2.45) is 0 Å². The summed E-state index contributed by atoms with van der Waals surface area (Å²) in [4.78, 5) is 19.5. The fourth-order valence-electron chi connectivity index (χ4n) is 3.03. The van der Waals surface area contributed by atoms with Crippen LogP contribution in [0.15, 0.2) is 29.6 Å². The lowest BCUT2D eigenvalue weighted by molar-refractivity contribution is 0.0611. The number of piperidine rings is 1. The number of aromatic nitrogens is 1. The summed E-state index contributed by atoms with van der Waals surface area (Å²) < 4.78 is 5.12. The quantitative estimate of drug-likeness (QED) is 0.852. The molecule has 1 amide bonds. The molecule has 0 aliphatic carbocycles. The van der Waals surface area contributed by atoms with E-state index in [1.807, 2.05) is 36.1 Å². The molecular weight excluding hydrogens is 308 g/mol. The zero-order valence-corrected chi connectivity index (χ0v) is 14.4.